The van der Waals surface area contributed by atoms with Crippen LogP contribution in [-0.2, 0) is 26.2 Å². The molecule has 2 atom stereocenters. The maximum Gasteiger partial charge on any atom is 0.264 e. The standard InChI is InChI=1S/C29H31Cl4N3O4S/c1-5-19(3)34-29(38)20(4)35(16-21-8-9-22(30)14-26(21)33)28(37)17-36(27-15-23(31)10-13-25(27)32)41(39,40)24-11-6-18(2)7-12-24/h6-15,19-20H,5,16-17H2,1-4H3,(H,34,38)/t19-,20+/m1/s1. The van der Waals surface area contributed by atoms with E-state index in [9.17, 15) is 18.0 Å². The molecule has 0 aliphatic rings. The number of amides is 2. The molecule has 0 spiro atoms. The fraction of sp³-hybridized carbons (Fsp3) is 0.310. The minimum Gasteiger partial charge on any atom is -0.352 e. The first kappa shape index (κ1) is 33.0. The Bertz CT molecular complexity index is 1520. The van der Waals surface area contributed by atoms with Gasteiger partial charge >= 0.3 is 0 Å². The van der Waals surface area contributed by atoms with Gasteiger partial charge in [-0.05, 0) is 75.2 Å². The monoisotopic (exact) mass is 657 g/mol. The summed E-state index contributed by atoms with van der Waals surface area (Å²) in [5, 5.41) is 3.89. The number of aryl methyl sites for hydroxylation is 1. The molecule has 0 fully saturated rings. The molecule has 0 bridgehead atoms. The number of sulfonamides is 1. The summed E-state index contributed by atoms with van der Waals surface area (Å²) >= 11 is 25.1. The van der Waals surface area contributed by atoms with E-state index in [-0.39, 0.29) is 33.2 Å². The highest BCUT2D eigenvalue weighted by molar-refractivity contribution is 7.92. The lowest BCUT2D eigenvalue weighted by atomic mass is 10.1. The average molecular weight is 659 g/mol. The van der Waals surface area contributed by atoms with Crippen LogP contribution >= 0.6 is 46.4 Å². The Balaban J connectivity index is 2.09. The first-order valence-corrected chi connectivity index (χ1v) is 15.8. The molecule has 3 rings (SSSR count). The van der Waals surface area contributed by atoms with Gasteiger partial charge in [-0.2, -0.15) is 0 Å². The fourth-order valence-electron chi connectivity index (χ4n) is 3.91. The minimum atomic E-state index is -4.30. The number of rotatable bonds is 11. The molecular weight excluding hydrogens is 628 g/mol. The molecule has 7 nitrogen and oxygen atoms in total. The Morgan fingerprint density at radius 1 is 0.878 bits per heavy atom. The maximum atomic E-state index is 14.0. The molecule has 2 amide bonds. The molecule has 0 unspecified atom stereocenters. The molecule has 41 heavy (non-hydrogen) atoms. The minimum absolute atomic E-state index is 0.0225. The highest BCUT2D eigenvalue weighted by atomic mass is 35.5. The highest BCUT2D eigenvalue weighted by Gasteiger charge is 2.34. The van der Waals surface area contributed by atoms with Gasteiger partial charge in [0.2, 0.25) is 11.8 Å². The third-order valence-corrected chi connectivity index (χ3v) is 9.50. The van der Waals surface area contributed by atoms with Gasteiger partial charge in [0, 0.05) is 27.7 Å². The van der Waals surface area contributed by atoms with E-state index < -0.39 is 34.4 Å². The van der Waals surface area contributed by atoms with Gasteiger partial charge in [0.1, 0.15) is 12.6 Å². The van der Waals surface area contributed by atoms with Crippen molar-refractivity contribution in [3.05, 3.63) is 91.9 Å². The molecule has 12 heteroatoms. The van der Waals surface area contributed by atoms with Crippen molar-refractivity contribution < 1.29 is 18.0 Å². The zero-order chi connectivity index (χ0) is 30.5. The van der Waals surface area contributed by atoms with E-state index in [1.54, 1.807) is 31.2 Å². The van der Waals surface area contributed by atoms with Crippen LogP contribution in [0.4, 0.5) is 5.69 Å². The summed E-state index contributed by atoms with van der Waals surface area (Å²) in [6.07, 6.45) is 0.686. The van der Waals surface area contributed by atoms with Gasteiger partial charge in [-0.1, -0.05) is 77.1 Å². The molecule has 3 aromatic carbocycles. The molecule has 3 aromatic rings. The predicted molar refractivity (Wildman–Crippen MR) is 167 cm³/mol. The Labute approximate surface area is 261 Å². The molecule has 1 N–H and O–H groups in total. The van der Waals surface area contributed by atoms with Crippen LogP contribution in [0.25, 0.3) is 0 Å². The van der Waals surface area contributed by atoms with Gasteiger partial charge < -0.3 is 10.2 Å². The quantitative estimate of drug-likeness (QED) is 0.237. The number of carbonyl (C=O) groups is 2. The zero-order valence-electron chi connectivity index (χ0n) is 23.0. The number of hydrogen-bond donors (Lipinski definition) is 1. The Kier molecular flexibility index (Phi) is 11.4. The van der Waals surface area contributed by atoms with Crippen LogP contribution in [0.15, 0.2) is 65.6 Å². The molecule has 0 heterocycles. The maximum absolute atomic E-state index is 14.0. The van der Waals surface area contributed by atoms with E-state index in [1.165, 1.54) is 41.3 Å². The summed E-state index contributed by atoms with van der Waals surface area (Å²) < 4.78 is 28.8. The van der Waals surface area contributed by atoms with E-state index >= 15 is 0 Å². The number of carbonyl (C=O) groups excluding carboxylic acids is 2. The van der Waals surface area contributed by atoms with Crippen LogP contribution in [0.3, 0.4) is 0 Å². The molecule has 0 aliphatic heterocycles. The SMILES string of the molecule is CC[C@@H](C)NC(=O)[C@H](C)N(Cc1ccc(Cl)cc1Cl)C(=O)CN(c1cc(Cl)ccc1Cl)S(=O)(=O)c1ccc(C)cc1. The highest BCUT2D eigenvalue weighted by Crippen LogP contribution is 2.33. The van der Waals surface area contributed by atoms with Gasteiger partial charge in [-0.25, -0.2) is 8.42 Å². The molecule has 0 aliphatic carbocycles. The summed E-state index contributed by atoms with van der Waals surface area (Å²) in [4.78, 5) is 28.4. The average Bonchev–Trinajstić information content (AvgIpc) is 2.92. The Morgan fingerprint density at radius 3 is 2.10 bits per heavy atom. The summed E-state index contributed by atoms with van der Waals surface area (Å²) in [6.45, 7) is 6.44. The summed E-state index contributed by atoms with van der Waals surface area (Å²) in [5.41, 5.74) is 1.41. The first-order chi connectivity index (χ1) is 19.2. The second-order valence-electron chi connectivity index (χ2n) is 9.67. The number of nitrogens with zero attached hydrogens (tertiary/aromatic N) is 2. The van der Waals surface area contributed by atoms with Crippen molar-refractivity contribution in [1.29, 1.82) is 0 Å². The molecule has 0 saturated heterocycles. The molecule has 220 valence electrons. The topological polar surface area (TPSA) is 86.8 Å². The normalized spacial score (nSPS) is 12.9. The summed E-state index contributed by atoms with van der Waals surface area (Å²) in [6, 6.07) is 14.3. The van der Waals surface area contributed by atoms with E-state index in [1.807, 2.05) is 20.8 Å². The van der Waals surface area contributed by atoms with Crippen LogP contribution in [0.1, 0.15) is 38.3 Å². The van der Waals surface area contributed by atoms with Crippen molar-refractivity contribution in [2.45, 2.75) is 57.6 Å². The number of anilines is 1. The van der Waals surface area contributed by atoms with E-state index in [2.05, 4.69) is 5.32 Å². The predicted octanol–water partition coefficient (Wildman–Crippen LogP) is 7.14. The van der Waals surface area contributed by atoms with Gasteiger partial charge in [-0.3, -0.25) is 13.9 Å². The van der Waals surface area contributed by atoms with Crippen molar-refractivity contribution >= 4 is 73.9 Å². The molecule has 0 aromatic heterocycles. The third-order valence-electron chi connectivity index (χ3n) is 6.59. The summed E-state index contributed by atoms with van der Waals surface area (Å²) in [7, 11) is -4.30. The lowest BCUT2D eigenvalue weighted by Crippen LogP contribution is -2.52. The van der Waals surface area contributed by atoms with Crippen molar-refractivity contribution in [3.8, 4) is 0 Å². The second kappa shape index (κ2) is 14.1. The first-order valence-electron chi connectivity index (χ1n) is 12.8. The van der Waals surface area contributed by atoms with E-state index in [0.717, 1.165) is 9.87 Å². The van der Waals surface area contributed by atoms with Crippen LogP contribution in [-0.4, -0.2) is 43.8 Å². The van der Waals surface area contributed by atoms with Gasteiger partial charge in [0.25, 0.3) is 10.0 Å². The van der Waals surface area contributed by atoms with Gasteiger partial charge in [-0.15, -0.1) is 0 Å². The van der Waals surface area contributed by atoms with Crippen molar-refractivity contribution in [1.82, 2.24) is 10.2 Å². The largest absolute Gasteiger partial charge is 0.352 e. The Morgan fingerprint density at radius 2 is 1.49 bits per heavy atom. The van der Waals surface area contributed by atoms with Crippen LogP contribution in [0, 0.1) is 6.92 Å². The van der Waals surface area contributed by atoms with Crippen LogP contribution in [0.5, 0.6) is 0 Å². The number of halogens is 4. The van der Waals surface area contributed by atoms with E-state index in [0.29, 0.717) is 22.0 Å². The smallest absolute Gasteiger partial charge is 0.264 e. The van der Waals surface area contributed by atoms with Crippen molar-refractivity contribution in [3.63, 3.8) is 0 Å². The van der Waals surface area contributed by atoms with Crippen molar-refractivity contribution in [2.75, 3.05) is 10.8 Å². The summed E-state index contributed by atoms with van der Waals surface area (Å²) in [5.74, 6) is -1.05. The molecular formula is C29H31Cl4N3O4S. The lowest BCUT2D eigenvalue weighted by Gasteiger charge is -2.33. The Hall–Kier alpha value is -2.49. The number of hydrogen-bond acceptors (Lipinski definition) is 4. The van der Waals surface area contributed by atoms with Crippen molar-refractivity contribution in [2.24, 2.45) is 0 Å². The second-order valence-corrected chi connectivity index (χ2v) is 13.2. The van der Waals surface area contributed by atoms with E-state index in [4.69, 9.17) is 46.4 Å². The zero-order valence-corrected chi connectivity index (χ0v) is 26.8. The number of nitrogens with one attached hydrogen (secondary N) is 1. The fourth-order valence-corrected chi connectivity index (χ4v) is 6.24. The lowest BCUT2D eigenvalue weighted by molar-refractivity contribution is -0.139. The molecule has 0 saturated carbocycles. The number of benzene rings is 3. The van der Waals surface area contributed by atoms with Crippen LogP contribution < -0.4 is 9.62 Å². The van der Waals surface area contributed by atoms with Crippen LogP contribution in [0.2, 0.25) is 20.1 Å². The van der Waals surface area contributed by atoms with Gasteiger partial charge in [0.15, 0.2) is 0 Å². The third kappa shape index (κ3) is 8.30. The van der Waals surface area contributed by atoms with Gasteiger partial charge in [0.05, 0.1) is 15.6 Å². The molecule has 0 radical (unpaired) electrons.